The number of terminal acetylenes is 1. The zero-order chi connectivity index (χ0) is 10.8. The van der Waals surface area contributed by atoms with E-state index in [2.05, 4.69) is 11.4 Å². The lowest BCUT2D eigenvalue weighted by atomic mass is 10.2. The molecule has 0 aliphatic carbocycles. The van der Waals surface area contributed by atoms with E-state index in [1.54, 1.807) is 0 Å². The first-order valence-electron chi connectivity index (χ1n) is 5.01. The van der Waals surface area contributed by atoms with Crippen molar-refractivity contribution in [3.05, 3.63) is 0 Å². The molecule has 0 aliphatic heterocycles. The van der Waals surface area contributed by atoms with E-state index in [9.17, 15) is 4.79 Å². The first kappa shape index (κ1) is 13.0. The minimum atomic E-state index is -0.0670. The highest BCUT2D eigenvalue weighted by atomic mass is 16.6. The van der Waals surface area contributed by atoms with Gasteiger partial charge in [-0.1, -0.05) is 13.8 Å². The third-order valence-electron chi connectivity index (χ3n) is 1.58. The quantitative estimate of drug-likeness (QED) is 0.384. The van der Waals surface area contributed by atoms with Crippen molar-refractivity contribution in [2.24, 2.45) is 5.92 Å². The van der Waals surface area contributed by atoms with Crippen LogP contribution in [0.15, 0.2) is 0 Å². The van der Waals surface area contributed by atoms with Gasteiger partial charge in [0.05, 0.1) is 6.61 Å². The third-order valence-corrected chi connectivity index (χ3v) is 1.58. The molecule has 0 saturated carbocycles. The Morgan fingerprint density at radius 1 is 1.50 bits per heavy atom. The van der Waals surface area contributed by atoms with Gasteiger partial charge in [-0.2, -0.15) is 0 Å². The van der Waals surface area contributed by atoms with Gasteiger partial charge in [0.25, 0.3) is 0 Å². The van der Waals surface area contributed by atoms with Gasteiger partial charge in [0.15, 0.2) is 0 Å². The number of amides is 1. The largest absolute Gasteiger partial charge is 0.273 e. The van der Waals surface area contributed by atoms with Gasteiger partial charge in [0.1, 0.15) is 0 Å². The van der Waals surface area contributed by atoms with Crippen molar-refractivity contribution >= 4 is 5.91 Å². The summed E-state index contributed by atoms with van der Waals surface area (Å²) in [5.41, 5.74) is 2.40. The molecule has 3 heteroatoms. The van der Waals surface area contributed by atoms with Crippen LogP contribution in [0.3, 0.4) is 0 Å². The average molecular weight is 197 g/mol. The Bertz CT molecular complexity index is 194. The highest BCUT2D eigenvalue weighted by Crippen LogP contribution is 1.98. The summed E-state index contributed by atoms with van der Waals surface area (Å²) in [7, 11) is 0. The maximum atomic E-state index is 11.1. The van der Waals surface area contributed by atoms with Crippen LogP contribution in [0.1, 0.15) is 39.5 Å². The molecule has 0 aromatic heterocycles. The van der Waals surface area contributed by atoms with Crippen LogP contribution in [0.25, 0.3) is 0 Å². The molecule has 0 radical (unpaired) electrons. The summed E-state index contributed by atoms with van der Waals surface area (Å²) in [6.45, 7) is 4.61. The van der Waals surface area contributed by atoms with Crippen LogP contribution in [0.4, 0.5) is 0 Å². The van der Waals surface area contributed by atoms with E-state index in [0.717, 1.165) is 19.3 Å². The van der Waals surface area contributed by atoms with E-state index < -0.39 is 0 Å². The van der Waals surface area contributed by atoms with E-state index in [-0.39, 0.29) is 5.91 Å². The van der Waals surface area contributed by atoms with E-state index in [0.29, 0.717) is 18.9 Å². The Hall–Kier alpha value is -1.01. The molecule has 0 rings (SSSR count). The molecule has 80 valence electrons. The summed E-state index contributed by atoms with van der Waals surface area (Å²) < 4.78 is 0. The summed E-state index contributed by atoms with van der Waals surface area (Å²) >= 11 is 0. The number of hydroxylamine groups is 1. The smallest absolute Gasteiger partial charge is 0.243 e. The highest BCUT2D eigenvalue weighted by Gasteiger charge is 2.01. The maximum absolute atomic E-state index is 11.1. The second-order valence-corrected chi connectivity index (χ2v) is 3.64. The Balaban J connectivity index is 3.25. The number of nitrogens with one attached hydrogen (secondary N) is 1. The lowest BCUT2D eigenvalue weighted by molar-refractivity contribution is -0.134. The van der Waals surface area contributed by atoms with E-state index in [4.69, 9.17) is 11.3 Å². The fourth-order valence-corrected chi connectivity index (χ4v) is 0.852. The Labute approximate surface area is 86.2 Å². The topological polar surface area (TPSA) is 38.3 Å². The second kappa shape index (κ2) is 8.58. The first-order chi connectivity index (χ1) is 6.66. The number of carbonyl (C=O) groups excluding carboxylic acids is 1. The average Bonchev–Trinajstić information content (AvgIpc) is 2.12. The zero-order valence-corrected chi connectivity index (χ0v) is 9.01. The monoisotopic (exact) mass is 197 g/mol. The van der Waals surface area contributed by atoms with Crippen LogP contribution in [-0.4, -0.2) is 12.5 Å². The van der Waals surface area contributed by atoms with Crippen molar-refractivity contribution in [2.75, 3.05) is 6.61 Å². The molecule has 0 fully saturated rings. The number of hydrogen-bond acceptors (Lipinski definition) is 2. The van der Waals surface area contributed by atoms with Crippen molar-refractivity contribution in [1.82, 2.24) is 5.48 Å². The van der Waals surface area contributed by atoms with Gasteiger partial charge in [-0.3, -0.25) is 9.63 Å². The van der Waals surface area contributed by atoms with Gasteiger partial charge < -0.3 is 0 Å². The van der Waals surface area contributed by atoms with Crippen molar-refractivity contribution in [2.45, 2.75) is 39.5 Å². The van der Waals surface area contributed by atoms with Crippen molar-refractivity contribution in [3.63, 3.8) is 0 Å². The zero-order valence-electron chi connectivity index (χ0n) is 9.01. The van der Waals surface area contributed by atoms with E-state index in [1.165, 1.54) is 0 Å². The summed E-state index contributed by atoms with van der Waals surface area (Å²) in [6.07, 6.45) is 8.02. The highest BCUT2D eigenvalue weighted by molar-refractivity contribution is 5.74. The van der Waals surface area contributed by atoms with Gasteiger partial charge >= 0.3 is 0 Å². The Morgan fingerprint density at radius 2 is 2.21 bits per heavy atom. The molecule has 0 aliphatic rings. The SMILES string of the molecule is C#CCCCCC(=O)NOCC(C)C. The standard InChI is InChI=1S/C11H19NO2/c1-4-5-6-7-8-11(13)12-14-9-10(2)3/h1,10H,5-9H2,2-3H3,(H,12,13). The molecule has 0 aromatic carbocycles. The summed E-state index contributed by atoms with van der Waals surface area (Å²) in [6, 6.07) is 0. The Morgan fingerprint density at radius 3 is 2.79 bits per heavy atom. The molecule has 14 heavy (non-hydrogen) atoms. The molecule has 1 amide bonds. The summed E-state index contributed by atoms with van der Waals surface area (Å²) in [5.74, 6) is 2.90. The van der Waals surface area contributed by atoms with Crippen LogP contribution in [0.2, 0.25) is 0 Å². The second-order valence-electron chi connectivity index (χ2n) is 3.64. The van der Waals surface area contributed by atoms with Crippen LogP contribution >= 0.6 is 0 Å². The fourth-order valence-electron chi connectivity index (χ4n) is 0.852. The number of rotatable bonds is 7. The van der Waals surface area contributed by atoms with Gasteiger partial charge in [-0.05, 0) is 18.8 Å². The minimum absolute atomic E-state index is 0.0670. The minimum Gasteiger partial charge on any atom is -0.273 e. The van der Waals surface area contributed by atoms with Crippen molar-refractivity contribution in [3.8, 4) is 12.3 Å². The number of carbonyl (C=O) groups is 1. The molecule has 0 heterocycles. The molecule has 3 nitrogen and oxygen atoms in total. The van der Waals surface area contributed by atoms with E-state index >= 15 is 0 Å². The van der Waals surface area contributed by atoms with Crippen molar-refractivity contribution in [1.29, 1.82) is 0 Å². The predicted molar refractivity (Wildman–Crippen MR) is 56.2 cm³/mol. The molecular weight excluding hydrogens is 178 g/mol. The lowest BCUT2D eigenvalue weighted by Crippen LogP contribution is -2.25. The van der Waals surface area contributed by atoms with Gasteiger partial charge in [-0.15, -0.1) is 12.3 Å². The Kier molecular flexibility index (Phi) is 7.96. The summed E-state index contributed by atoms with van der Waals surface area (Å²) in [4.78, 5) is 16.1. The molecular formula is C11H19NO2. The molecule has 1 N–H and O–H groups in total. The third kappa shape index (κ3) is 9.08. The lowest BCUT2D eigenvalue weighted by Gasteiger charge is -2.07. The predicted octanol–water partition coefficient (Wildman–Crippen LogP) is 1.88. The molecule has 0 unspecified atom stereocenters. The van der Waals surface area contributed by atoms with Crippen LogP contribution in [-0.2, 0) is 9.63 Å². The molecule has 0 aromatic rings. The van der Waals surface area contributed by atoms with E-state index in [1.807, 2.05) is 13.8 Å². The van der Waals surface area contributed by atoms with Crippen LogP contribution in [0.5, 0.6) is 0 Å². The van der Waals surface area contributed by atoms with Crippen LogP contribution < -0.4 is 5.48 Å². The van der Waals surface area contributed by atoms with Gasteiger partial charge in [0.2, 0.25) is 5.91 Å². The maximum Gasteiger partial charge on any atom is 0.243 e. The van der Waals surface area contributed by atoms with Gasteiger partial charge in [0, 0.05) is 12.8 Å². The molecule has 0 bridgehead atoms. The normalized spacial score (nSPS) is 9.86. The van der Waals surface area contributed by atoms with Crippen molar-refractivity contribution < 1.29 is 9.63 Å². The van der Waals surface area contributed by atoms with Crippen LogP contribution in [0, 0.1) is 18.3 Å². The summed E-state index contributed by atoms with van der Waals surface area (Å²) in [5, 5.41) is 0. The van der Waals surface area contributed by atoms with Gasteiger partial charge in [-0.25, -0.2) is 5.48 Å². The molecule has 0 atom stereocenters. The number of unbranched alkanes of at least 4 members (excludes halogenated alkanes) is 2. The fraction of sp³-hybridized carbons (Fsp3) is 0.727. The molecule has 0 saturated heterocycles. The first-order valence-corrected chi connectivity index (χ1v) is 5.01. The molecule has 0 spiro atoms. The number of hydrogen-bond donors (Lipinski definition) is 1.